The maximum atomic E-state index is 12.6. The van der Waals surface area contributed by atoms with E-state index in [2.05, 4.69) is 6.92 Å². The van der Waals surface area contributed by atoms with Crippen LogP contribution in [0.25, 0.3) is 0 Å². The zero-order valence-electron chi connectivity index (χ0n) is 14.2. The van der Waals surface area contributed by atoms with E-state index in [-0.39, 0.29) is 11.9 Å². The summed E-state index contributed by atoms with van der Waals surface area (Å²) in [7, 11) is 0. The molecule has 0 aromatic rings. The number of aliphatic hydroxyl groups is 1. The lowest BCUT2D eigenvalue weighted by atomic mass is 9.76. The SMILES string of the molecule is CCCOC(C)COC(C)(C)C(=O)C(C)(C)CC(C)O. The molecule has 4 heteroatoms. The molecule has 0 amide bonds. The third kappa shape index (κ3) is 6.82. The molecule has 0 rings (SSSR count). The predicted octanol–water partition coefficient (Wildman–Crippen LogP) is 2.96. The molecular weight excluding hydrogens is 256 g/mol. The summed E-state index contributed by atoms with van der Waals surface area (Å²) in [6, 6.07) is 0. The molecule has 0 aliphatic heterocycles. The summed E-state index contributed by atoms with van der Waals surface area (Å²) < 4.78 is 11.3. The number of Topliss-reactive ketones (excluding diaryl/α,β-unsaturated/α-hetero) is 1. The van der Waals surface area contributed by atoms with Crippen LogP contribution in [0.2, 0.25) is 0 Å². The molecule has 120 valence electrons. The molecule has 1 N–H and O–H groups in total. The number of hydrogen-bond acceptors (Lipinski definition) is 4. The van der Waals surface area contributed by atoms with Gasteiger partial charge in [0.15, 0.2) is 5.78 Å². The van der Waals surface area contributed by atoms with Crippen LogP contribution < -0.4 is 0 Å². The van der Waals surface area contributed by atoms with E-state index in [1.807, 2.05) is 20.8 Å². The fourth-order valence-electron chi connectivity index (χ4n) is 2.40. The van der Waals surface area contributed by atoms with Crippen LogP contribution in [0.4, 0.5) is 0 Å². The first kappa shape index (κ1) is 19.6. The third-order valence-electron chi connectivity index (χ3n) is 3.25. The standard InChI is InChI=1S/C16H32O4/c1-8-9-19-13(3)11-20-16(6,7)14(18)15(4,5)10-12(2)17/h12-13,17H,8-11H2,1-7H3. The quantitative estimate of drug-likeness (QED) is 0.671. The average molecular weight is 288 g/mol. The first-order valence-electron chi connectivity index (χ1n) is 7.51. The van der Waals surface area contributed by atoms with Crippen molar-refractivity contribution < 1.29 is 19.4 Å². The second kappa shape index (κ2) is 8.11. The molecule has 4 nitrogen and oxygen atoms in total. The van der Waals surface area contributed by atoms with Gasteiger partial charge in [-0.2, -0.15) is 0 Å². The molecule has 0 radical (unpaired) electrons. The van der Waals surface area contributed by atoms with E-state index in [1.165, 1.54) is 0 Å². The number of hydrogen-bond donors (Lipinski definition) is 1. The van der Waals surface area contributed by atoms with Crippen molar-refractivity contribution in [1.29, 1.82) is 0 Å². The second-order valence-electron chi connectivity index (χ2n) is 6.77. The van der Waals surface area contributed by atoms with Gasteiger partial charge in [0.2, 0.25) is 0 Å². The number of carbonyl (C=O) groups is 1. The summed E-state index contributed by atoms with van der Waals surface area (Å²) in [6.45, 7) is 14.1. The van der Waals surface area contributed by atoms with Crippen LogP contribution in [0, 0.1) is 5.41 Å². The molecule has 0 spiro atoms. The number of ether oxygens (including phenoxy) is 2. The van der Waals surface area contributed by atoms with Crippen LogP contribution in [0.15, 0.2) is 0 Å². The van der Waals surface area contributed by atoms with Crippen LogP contribution in [0.3, 0.4) is 0 Å². The lowest BCUT2D eigenvalue weighted by Crippen LogP contribution is -2.46. The van der Waals surface area contributed by atoms with E-state index in [9.17, 15) is 9.90 Å². The number of rotatable bonds is 10. The van der Waals surface area contributed by atoms with Crippen LogP contribution in [-0.2, 0) is 14.3 Å². The van der Waals surface area contributed by atoms with Crippen LogP contribution in [0.1, 0.15) is 61.3 Å². The Labute approximate surface area is 123 Å². The van der Waals surface area contributed by atoms with Crippen LogP contribution >= 0.6 is 0 Å². The van der Waals surface area contributed by atoms with Gasteiger partial charge in [-0.1, -0.05) is 20.8 Å². The lowest BCUT2D eigenvalue weighted by Gasteiger charge is -2.34. The second-order valence-corrected chi connectivity index (χ2v) is 6.77. The van der Waals surface area contributed by atoms with E-state index in [1.54, 1.807) is 20.8 Å². The Morgan fingerprint density at radius 1 is 1.20 bits per heavy atom. The summed E-state index contributed by atoms with van der Waals surface area (Å²) in [4.78, 5) is 12.6. The van der Waals surface area contributed by atoms with E-state index in [0.717, 1.165) is 6.42 Å². The predicted molar refractivity (Wildman–Crippen MR) is 80.8 cm³/mol. The molecular formula is C16H32O4. The Kier molecular flexibility index (Phi) is 7.92. The number of carbonyl (C=O) groups excluding carboxylic acids is 1. The fourth-order valence-corrected chi connectivity index (χ4v) is 2.40. The van der Waals surface area contributed by atoms with Gasteiger partial charge in [0, 0.05) is 12.0 Å². The maximum absolute atomic E-state index is 12.6. The first-order valence-corrected chi connectivity index (χ1v) is 7.51. The highest BCUT2D eigenvalue weighted by Gasteiger charge is 2.40. The van der Waals surface area contributed by atoms with Gasteiger partial charge in [0.05, 0.1) is 18.8 Å². The van der Waals surface area contributed by atoms with Crippen LogP contribution in [-0.4, -0.2) is 41.9 Å². The van der Waals surface area contributed by atoms with E-state index >= 15 is 0 Å². The van der Waals surface area contributed by atoms with Crippen molar-refractivity contribution in [3.8, 4) is 0 Å². The van der Waals surface area contributed by atoms with Crippen molar-refractivity contribution in [2.45, 2.75) is 79.1 Å². The van der Waals surface area contributed by atoms with Gasteiger partial charge in [-0.3, -0.25) is 4.79 Å². The molecule has 0 aromatic carbocycles. The van der Waals surface area contributed by atoms with E-state index in [4.69, 9.17) is 9.47 Å². The monoisotopic (exact) mass is 288 g/mol. The smallest absolute Gasteiger partial charge is 0.169 e. The van der Waals surface area contributed by atoms with Gasteiger partial charge in [-0.25, -0.2) is 0 Å². The molecule has 0 fully saturated rings. The van der Waals surface area contributed by atoms with Crippen molar-refractivity contribution in [1.82, 2.24) is 0 Å². The summed E-state index contributed by atoms with van der Waals surface area (Å²) in [5.74, 6) is 0.00796. The highest BCUT2D eigenvalue weighted by Crippen LogP contribution is 2.30. The van der Waals surface area contributed by atoms with Crippen molar-refractivity contribution in [2.75, 3.05) is 13.2 Å². The van der Waals surface area contributed by atoms with E-state index in [0.29, 0.717) is 19.6 Å². The summed E-state index contributed by atoms with van der Waals surface area (Å²) in [6.07, 6.45) is 0.868. The third-order valence-corrected chi connectivity index (χ3v) is 3.25. The molecule has 20 heavy (non-hydrogen) atoms. The number of ketones is 1. The summed E-state index contributed by atoms with van der Waals surface area (Å²) in [5.41, 5.74) is -1.48. The van der Waals surface area contributed by atoms with Gasteiger partial charge in [-0.05, 0) is 40.5 Å². The fraction of sp³-hybridized carbons (Fsp3) is 0.938. The highest BCUT2D eigenvalue weighted by atomic mass is 16.5. The molecule has 0 aliphatic carbocycles. The maximum Gasteiger partial charge on any atom is 0.169 e. The Balaban J connectivity index is 4.51. The van der Waals surface area contributed by atoms with Crippen LogP contribution in [0.5, 0.6) is 0 Å². The molecule has 0 heterocycles. The zero-order valence-corrected chi connectivity index (χ0v) is 14.2. The van der Waals surface area contributed by atoms with Crippen molar-refractivity contribution in [2.24, 2.45) is 5.41 Å². The first-order chi connectivity index (χ1) is 9.03. The highest BCUT2D eigenvalue weighted by molar-refractivity contribution is 5.91. The van der Waals surface area contributed by atoms with Crippen molar-refractivity contribution in [3.05, 3.63) is 0 Å². The number of aliphatic hydroxyl groups excluding tert-OH is 1. The molecule has 0 aromatic heterocycles. The van der Waals surface area contributed by atoms with Gasteiger partial charge >= 0.3 is 0 Å². The Morgan fingerprint density at radius 2 is 1.75 bits per heavy atom. The molecule has 2 unspecified atom stereocenters. The topological polar surface area (TPSA) is 55.8 Å². The minimum Gasteiger partial charge on any atom is -0.393 e. The summed E-state index contributed by atoms with van der Waals surface area (Å²) >= 11 is 0. The largest absolute Gasteiger partial charge is 0.393 e. The molecule has 2 atom stereocenters. The average Bonchev–Trinajstić information content (AvgIpc) is 2.31. The van der Waals surface area contributed by atoms with Crippen molar-refractivity contribution >= 4 is 5.78 Å². The Hall–Kier alpha value is -0.450. The molecule has 0 saturated heterocycles. The summed E-state index contributed by atoms with van der Waals surface area (Å²) in [5, 5.41) is 9.50. The van der Waals surface area contributed by atoms with Crippen molar-refractivity contribution in [3.63, 3.8) is 0 Å². The zero-order chi connectivity index (χ0) is 16.0. The molecule has 0 bridgehead atoms. The minimum absolute atomic E-state index is 0.00796. The van der Waals surface area contributed by atoms with Gasteiger partial charge in [-0.15, -0.1) is 0 Å². The Bertz CT molecular complexity index is 295. The van der Waals surface area contributed by atoms with Gasteiger partial charge < -0.3 is 14.6 Å². The van der Waals surface area contributed by atoms with Gasteiger partial charge in [0.25, 0.3) is 0 Å². The molecule has 0 aliphatic rings. The Morgan fingerprint density at radius 3 is 2.20 bits per heavy atom. The van der Waals surface area contributed by atoms with Gasteiger partial charge in [0.1, 0.15) is 5.60 Å². The molecule has 0 saturated carbocycles. The minimum atomic E-state index is -0.873. The van der Waals surface area contributed by atoms with E-state index < -0.39 is 17.1 Å². The normalized spacial score (nSPS) is 16.0. The lowest BCUT2D eigenvalue weighted by molar-refractivity contribution is -0.155.